The number of fused-ring (bicyclic) bond motifs is 1. The maximum Gasteiger partial charge on any atom is 0.140 e. The Hall–Kier alpha value is -1.88. The van der Waals surface area contributed by atoms with Crippen molar-refractivity contribution < 1.29 is 4.74 Å². The SMILES string of the molecule is CCNCc1ncnn1CCc1ccc2c(c1)CCO2. The highest BCUT2D eigenvalue weighted by atomic mass is 16.5. The van der Waals surface area contributed by atoms with Crippen LogP contribution in [0.15, 0.2) is 24.5 Å². The van der Waals surface area contributed by atoms with Gasteiger partial charge in [-0.1, -0.05) is 19.1 Å². The molecule has 0 fully saturated rings. The lowest BCUT2D eigenvalue weighted by molar-refractivity contribution is 0.357. The molecule has 1 N–H and O–H groups in total. The molecule has 0 amide bonds. The maximum atomic E-state index is 5.53. The summed E-state index contributed by atoms with van der Waals surface area (Å²) < 4.78 is 7.51. The first-order valence-corrected chi connectivity index (χ1v) is 7.19. The van der Waals surface area contributed by atoms with Crippen LogP contribution >= 0.6 is 0 Å². The van der Waals surface area contributed by atoms with Crippen LogP contribution in [-0.2, 0) is 25.9 Å². The van der Waals surface area contributed by atoms with Gasteiger partial charge in [-0.3, -0.25) is 0 Å². The zero-order chi connectivity index (χ0) is 13.8. The summed E-state index contributed by atoms with van der Waals surface area (Å²) in [5.74, 6) is 2.04. The summed E-state index contributed by atoms with van der Waals surface area (Å²) in [5.41, 5.74) is 2.66. The number of nitrogens with one attached hydrogen (secondary N) is 1. The highest BCUT2D eigenvalue weighted by Gasteiger charge is 2.12. The predicted octanol–water partition coefficient (Wildman–Crippen LogP) is 1.57. The topological polar surface area (TPSA) is 52.0 Å². The van der Waals surface area contributed by atoms with E-state index < -0.39 is 0 Å². The number of aryl methyl sites for hydroxylation is 2. The summed E-state index contributed by atoms with van der Waals surface area (Å²) in [4.78, 5) is 4.29. The van der Waals surface area contributed by atoms with Crippen molar-refractivity contribution in [1.29, 1.82) is 0 Å². The molecular formula is C15H20N4O. The van der Waals surface area contributed by atoms with Crippen LogP contribution in [0.1, 0.15) is 23.9 Å². The van der Waals surface area contributed by atoms with Crippen LogP contribution in [0.25, 0.3) is 0 Å². The van der Waals surface area contributed by atoms with Gasteiger partial charge in [-0.05, 0) is 30.2 Å². The van der Waals surface area contributed by atoms with Crippen molar-refractivity contribution in [2.45, 2.75) is 32.9 Å². The monoisotopic (exact) mass is 272 g/mol. The van der Waals surface area contributed by atoms with E-state index in [9.17, 15) is 0 Å². The molecule has 0 aliphatic carbocycles. The molecule has 5 heteroatoms. The minimum Gasteiger partial charge on any atom is -0.493 e. The first-order chi connectivity index (χ1) is 9.86. The lowest BCUT2D eigenvalue weighted by Gasteiger charge is -2.07. The van der Waals surface area contributed by atoms with Gasteiger partial charge in [0.2, 0.25) is 0 Å². The highest BCUT2D eigenvalue weighted by molar-refractivity contribution is 5.39. The van der Waals surface area contributed by atoms with Crippen molar-refractivity contribution in [3.63, 3.8) is 0 Å². The van der Waals surface area contributed by atoms with Crippen molar-refractivity contribution in [1.82, 2.24) is 20.1 Å². The second-order valence-corrected chi connectivity index (χ2v) is 4.97. The third kappa shape index (κ3) is 2.82. The number of benzene rings is 1. The molecule has 2 aromatic rings. The van der Waals surface area contributed by atoms with E-state index in [0.717, 1.165) is 50.7 Å². The molecule has 2 heterocycles. The molecule has 20 heavy (non-hydrogen) atoms. The van der Waals surface area contributed by atoms with Gasteiger partial charge in [0.25, 0.3) is 0 Å². The summed E-state index contributed by atoms with van der Waals surface area (Å²) in [6.45, 7) is 5.48. The summed E-state index contributed by atoms with van der Waals surface area (Å²) >= 11 is 0. The number of aromatic nitrogens is 3. The van der Waals surface area contributed by atoms with Gasteiger partial charge in [-0.2, -0.15) is 5.10 Å². The Balaban J connectivity index is 1.63. The number of hydrogen-bond acceptors (Lipinski definition) is 4. The van der Waals surface area contributed by atoms with Crippen LogP contribution in [0.5, 0.6) is 5.75 Å². The van der Waals surface area contributed by atoms with Crippen LogP contribution in [0.2, 0.25) is 0 Å². The van der Waals surface area contributed by atoms with E-state index in [1.54, 1.807) is 6.33 Å². The van der Waals surface area contributed by atoms with Crippen molar-refractivity contribution in [3.05, 3.63) is 41.5 Å². The van der Waals surface area contributed by atoms with Gasteiger partial charge >= 0.3 is 0 Å². The van der Waals surface area contributed by atoms with Crippen LogP contribution in [-0.4, -0.2) is 27.9 Å². The number of hydrogen-bond donors (Lipinski definition) is 1. The minimum atomic E-state index is 0.772. The number of nitrogens with zero attached hydrogens (tertiary/aromatic N) is 3. The zero-order valence-corrected chi connectivity index (χ0v) is 11.8. The van der Waals surface area contributed by atoms with E-state index in [1.807, 2.05) is 4.68 Å². The molecule has 0 bridgehead atoms. The largest absolute Gasteiger partial charge is 0.493 e. The van der Waals surface area contributed by atoms with Crippen molar-refractivity contribution in [2.24, 2.45) is 0 Å². The second-order valence-electron chi connectivity index (χ2n) is 4.97. The molecule has 1 aromatic heterocycles. The molecule has 0 radical (unpaired) electrons. The quantitative estimate of drug-likeness (QED) is 0.867. The fraction of sp³-hybridized carbons (Fsp3) is 0.467. The van der Waals surface area contributed by atoms with Gasteiger partial charge in [0.1, 0.15) is 17.9 Å². The van der Waals surface area contributed by atoms with Gasteiger partial charge in [0.15, 0.2) is 0 Å². The van der Waals surface area contributed by atoms with E-state index >= 15 is 0 Å². The van der Waals surface area contributed by atoms with Gasteiger partial charge < -0.3 is 10.1 Å². The summed E-state index contributed by atoms with van der Waals surface area (Å²) in [6.07, 6.45) is 3.62. The molecule has 1 aliphatic heterocycles. The lowest BCUT2D eigenvalue weighted by Crippen LogP contribution is -2.17. The van der Waals surface area contributed by atoms with E-state index in [4.69, 9.17) is 4.74 Å². The molecule has 0 saturated heterocycles. The molecule has 5 nitrogen and oxygen atoms in total. The molecule has 0 atom stereocenters. The fourth-order valence-electron chi connectivity index (χ4n) is 2.48. The predicted molar refractivity (Wildman–Crippen MR) is 76.7 cm³/mol. The lowest BCUT2D eigenvalue weighted by atomic mass is 10.1. The minimum absolute atomic E-state index is 0.772. The standard InChI is InChI=1S/C15H20N4O/c1-2-16-10-15-17-11-18-19(15)7-5-12-3-4-14-13(9-12)6-8-20-14/h3-4,9,11,16H,2,5-8,10H2,1H3. The third-order valence-electron chi connectivity index (χ3n) is 3.59. The molecule has 3 rings (SSSR count). The Bertz CT molecular complexity index is 579. The normalized spacial score (nSPS) is 13.2. The summed E-state index contributed by atoms with van der Waals surface area (Å²) in [7, 11) is 0. The van der Waals surface area contributed by atoms with Crippen LogP contribution in [0, 0.1) is 0 Å². The molecule has 0 unspecified atom stereocenters. The maximum absolute atomic E-state index is 5.53. The van der Waals surface area contributed by atoms with Crippen molar-refractivity contribution >= 4 is 0 Å². The summed E-state index contributed by atoms with van der Waals surface area (Å²) in [5, 5.41) is 7.58. The van der Waals surface area contributed by atoms with E-state index in [2.05, 4.69) is 40.5 Å². The molecule has 0 spiro atoms. The van der Waals surface area contributed by atoms with Crippen molar-refractivity contribution in [2.75, 3.05) is 13.2 Å². The van der Waals surface area contributed by atoms with Gasteiger partial charge in [-0.25, -0.2) is 9.67 Å². The first-order valence-electron chi connectivity index (χ1n) is 7.19. The van der Waals surface area contributed by atoms with E-state index in [-0.39, 0.29) is 0 Å². The third-order valence-corrected chi connectivity index (χ3v) is 3.59. The Labute approximate surface area is 119 Å². The van der Waals surface area contributed by atoms with E-state index in [1.165, 1.54) is 11.1 Å². The Morgan fingerprint density at radius 3 is 3.25 bits per heavy atom. The number of ether oxygens (including phenoxy) is 1. The average Bonchev–Trinajstić information content (AvgIpc) is 3.11. The zero-order valence-electron chi connectivity index (χ0n) is 11.8. The van der Waals surface area contributed by atoms with Crippen LogP contribution in [0.3, 0.4) is 0 Å². The van der Waals surface area contributed by atoms with Crippen LogP contribution in [0.4, 0.5) is 0 Å². The smallest absolute Gasteiger partial charge is 0.140 e. The fourth-order valence-corrected chi connectivity index (χ4v) is 2.48. The molecular weight excluding hydrogens is 252 g/mol. The van der Waals surface area contributed by atoms with Crippen LogP contribution < -0.4 is 10.1 Å². The Kier molecular flexibility index (Phi) is 3.97. The number of rotatable bonds is 6. The average molecular weight is 272 g/mol. The first kappa shape index (κ1) is 13.1. The molecule has 0 saturated carbocycles. The van der Waals surface area contributed by atoms with Gasteiger partial charge in [-0.15, -0.1) is 0 Å². The molecule has 1 aliphatic rings. The van der Waals surface area contributed by atoms with Gasteiger partial charge in [0, 0.05) is 13.0 Å². The summed E-state index contributed by atoms with van der Waals surface area (Å²) in [6, 6.07) is 6.48. The Morgan fingerprint density at radius 1 is 1.40 bits per heavy atom. The Morgan fingerprint density at radius 2 is 2.35 bits per heavy atom. The highest BCUT2D eigenvalue weighted by Crippen LogP contribution is 2.26. The van der Waals surface area contributed by atoms with Gasteiger partial charge in [0.05, 0.1) is 13.2 Å². The molecule has 1 aromatic carbocycles. The second kappa shape index (κ2) is 6.05. The molecule has 106 valence electrons. The van der Waals surface area contributed by atoms with E-state index in [0.29, 0.717) is 0 Å². The van der Waals surface area contributed by atoms with Crippen molar-refractivity contribution in [3.8, 4) is 5.75 Å².